The number of carbonyl (C=O) groups excluding carboxylic acids is 1. The Morgan fingerprint density at radius 1 is 0.881 bits per heavy atom. The average Bonchev–Trinajstić information content (AvgIpc) is 2.95. The summed E-state index contributed by atoms with van der Waals surface area (Å²) >= 11 is 0. The summed E-state index contributed by atoms with van der Waals surface area (Å²) in [5.74, 6) is -4.61. The van der Waals surface area contributed by atoms with Gasteiger partial charge in [0.2, 0.25) is 6.10 Å². The summed E-state index contributed by atoms with van der Waals surface area (Å²) in [5.41, 5.74) is 3.60. The number of hydrogen-bond acceptors (Lipinski definition) is 10. The van der Waals surface area contributed by atoms with Gasteiger partial charge in [0.1, 0.15) is 0 Å². The fourth-order valence-electron chi connectivity index (χ4n) is 4.85. The van der Waals surface area contributed by atoms with Crippen LogP contribution < -0.4 is 0 Å². The van der Waals surface area contributed by atoms with Gasteiger partial charge in [0.15, 0.2) is 34.5 Å². The highest BCUT2D eigenvalue weighted by molar-refractivity contribution is 5.93. The fraction of sp³-hybridized carbons (Fsp3) is 0.226. The topological polar surface area (TPSA) is 205 Å². The summed E-state index contributed by atoms with van der Waals surface area (Å²) in [7, 11) is 0. The molecule has 0 aliphatic heterocycles. The van der Waals surface area contributed by atoms with Crippen molar-refractivity contribution in [3.63, 3.8) is 0 Å². The zero-order valence-corrected chi connectivity index (χ0v) is 22.3. The van der Waals surface area contributed by atoms with Crippen LogP contribution in [-0.4, -0.2) is 65.5 Å². The van der Waals surface area contributed by atoms with Gasteiger partial charge in [-0.05, 0) is 95.5 Å². The van der Waals surface area contributed by atoms with Gasteiger partial charge in [0.25, 0.3) is 0 Å². The molecule has 0 spiro atoms. The maximum absolute atomic E-state index is 12.6. The minimum absolute atomic E-state index is 0.0682. The number of esters is 1. The van der Waals surface area contributed by atoms with Gasteiger partial charge in [-0.15, -0.1) is 0 Å². The van der Waals surface area contributed by atoms with Crippen molar-refractivity contribution in [1.29, 1.82) is 0 Å². The number of carbonyl (C=O) groups is 2. The van der Waals surface area contributed by atoms with Gasteiger partial charge < -0.3 is 45.6 Å². The first-order chi connectivity index (χ1) is 20.0. The third kappa shape index (κ3) is 6.58. The van der Waals surface area contributed by atoms with Crippen molar-refractivity contribution in [2.24, 2.45) is 0 Å². The molecule has 220 valence electrons. The Hall–Kier alpha value is -5.16. The van der Waals surface area contributed by atoms with Crippen molar-refractivity contribution >= 4 is 29.7 Å². The Bertz CT molecular complexity index is 1590. The molecule has 0 saturated heterocycles. The lowest BCUT2D eigenvalue weighted by Crippen LogP contribution is -2.28. The third-order valence-corrected chi connectivity index (χ3v) is 6.96. The SMILES string of the molecule is O=C(C=Cc1cc(O)c(O)c2c1C=C(c1cc(O)c(O)cc1CCCO)CC2)O[C@H](Cc1ccc(O)c(O)c1)C(=O)O. The molecule has 3 aromatic rings. The summed E-state index contributed by atoms with van der Waals surface area (Å²) in [4.78, 5) is 24.3. The Kier molecular flexibility index (Phi) is 8.92. The number of rotatable bonds is 10. The number of phenolic OH excluding ortho intramolecular Hbond substituents is 6. The summed E-state index contributed by atoms with van der Waals surface area (Å²) in [5, 5.41) is 78.9. The largest absolute Gasteiger partial charge is 0.504 e. The first-order valence-electron chi connectivity index (χ1n) is 13.0. The first kappa shape index (κ1) is 29.8. The smallest absolute Gasteiger partial charge is 0.345 e. The lowest BCUT2D eigenvalue weighted by molar-refractivity contribution is -0.160. The van der Waals surface area contributed by atoms with Gasteiger partial charge in [-0.3, -0.25) is 0 Å². The summed E-state index contributed by atoms with van der Waals surface area (Å²) in [6, 6.07) is 7.82. The van der Waals surface area contributed by atoms with Crippen LogP contribution in [0.15, 0.2) is 42.5 Å². The highest BCUT2D eigenvalue weighted by Gasteiger charge is 2.24. The predicted molar refractivity (Wildman–Crippen MR) is 151 cm³/mol. The molecule has 0 saturated carbocycles. The third-order valence-electron chi connectivity index (χ3n) is 6.96. The van der Waals surface area contributed by atoms with Crippen LogP contribution in [-0.2, 0) is 33.6 Å². The molecule has 0 fully saturated rings. The van der Waals surface area contributed by atoms with Crippen LogP contribution >= 0.6 is 0 Å². The number of hydrogen-bond donors (Lipinski definition) is 8. The molecule has 11 nitrogen and oxygen atoms in total. The molecule has 0 bridgehead atoms. The van der Waals surface area contributed by atoms with E-state index in [1.807, 2.05) is 0 Å². The number of phenols is 6. The summed E-state index contributed by atoms with van der Waals surface area (Å²) < 4.78 is 5.11. The molecule has 0 unspecified atom stereocenters. The van der Waals surface area contributed by atoms with Crippen molar-refractivity contribution in [3.8, 4) is 34.5 Å². The first-order valence-corrected chi connectivity index (χ1v) is 13.0. The minimum atomic E-state index is -1.60. The number of fused-ring (bicyclic) bond motifs is 1. The lowest BCUT2D eigenvalue weighted by Gasteiger charge is -2.22. The van der Waals surface area contributed by atoms with Crippen LogP contribution in [0.3, 0.4) is 0 Å². The number of aromatic hydroxyl groups is 6. The van der Waals surface area contributed by atoms with Crippen molar-refractivity contribution < 1.29 is 55.2 Å². The molecule has 1 aliphatic carbocycles. The molecule has 0 radical (unpaired) electrons. The normalized spacial score (nSPS) is 13.4. The number of benzene rings is 3. The average molecular weight is 579 g/mol. The molecular weight excluding hydrogens is 548 g/mol. The van der Waals surface area contributed by atoms with E-state index in [0.717, 1.165) is 17.7 Å². The van der Waals surface area contributed by atoms with Crippen LogP contribution in [0.4, 0.5) is 0 Å². The second kappa shape index (κ2) is 12.6. The van der Waals surface area contributed by atoms with Crippen LogP contribution in [0.1, 0.15) is 46.2 Å². The standard InChI is InChI=1S/C31H30O11/c32-9-1-2-17-13-25(35)26(36)15-21(17)18-4-6-20-22(12-18)19(14-27(37)30(20)39)5-8-29(38)42-28(31(40)41)11-16-3-7-23(33)24(34)10-16/h3,5,7-8,10,12-15,28,32-37,39H,1-2,4,6,9,11H2,(H,40,41)/t28-/m1/s1. The van der Waals surface area contributed by atoms with Gasteiger partial charge in [-0.2, -0.15) is 0 Å². The lowest BCUT2D eigenvalue weighted by atomic mass is 9.83. The van der Waals surface area contributed by atoms with Gasteiger partial charge >= 0.3 is 11.9 Å². The number of aryl methyl sites for hydroxylation is 1. The van der Waals surface area contributed by atoms with Crippen LogP contribution in [0.5, 0.6) is 34.5 Å². The molecule has 1 atom stereocenters. The molecular formula is C31H30O11. The highest BCUT2D eigenvalue weighted by atomic mass is 16.6. The van der Waals surface area contributed by atoms with E-state index in [2.05, 4.69) is 0 Å². The number of aliphatic carboxylic acids is 1. The quantitative estimate of drug-likeness (QED) is 0.0991. The molecule has 8 N–H and O–H groups in total. The number of aliphatic hydroxyl groups is 1. The Balaban J connectivity index is 1.64. The Morgan fingerprint density at radius 2 is 1.60 bits per heavy atom. The maximum Gasteiger partial charge on any atom is 0.345 e. The van der Waals surface area contributed by atoms with E-state index in [4.69, 9.17) is 4.74 Å². The molecule has 0 aromatic heterocycles. The van der Waals surface area contributed by atoms with E-state index in [9.17, 15) is 50.4 Å². The van der Waals surface area contributed by atoms with Crippen molar-refractivity contribution in [3.05, 3.63) is 75.9 Å². The molecule has 4 rings (SSSR count). The Labute approximate surface area is 240 Å². The minimum Gasteiger partial charge on any atom is -0.504 e. The zero-order valence-electron chi connectivity index (χ0n) is 22.3. The van der Waals surface area contributed by atoms with Gasteiger partial charge in [-0.1, -0.05) is 12.1 Å². The van der Waals surface area contributed by atoms with E-state index >= 15 is 0 Å². The zero-order chi connectivity index (χ0) is 30.6. The van der Waals surface area contributed by atoms with Gasteiger partial charge in [0, 0.05) is 24.7 Å². The number of aliphatic hydroxyl groups excluding tert-OH is 1. The van der Waals surface area contributed by atoms with Crippen molar-refractivity contribution in [2.45, 2.75) is 38.2 Å². The van der Waals surface area contributed by atoms with Crippen molar-refractivity contribution in [1.82, 2.24) is 0 Å². The predicted octanol–water partition coefficient (Wildman–Crippen LogP) is 3.58. The van der Waals surface area contributed by atoms with E-state index in [0.29, 0.717) is 59.1 Å². The maximum atomic E-state index is 12.6. The van der Waals surface area contributed by atoms with Crippen molar-refractivity contribution in [2.75, 3.05) is 6.61 Å². The number of allylic oxidation sites excluding steroid dienone is 1. The monoisotopic (exact) mass is 578 g/mol. The van der Waals surface area contributed by atoms with E-state index in [1.54, 1.807) is 6.08 Å². The van der Waals surface area contributed by atoms with Gasteiger partial charge in [0.05, 0.1) is 0 Å². The van der Waals surface area contributed by atoms with Gasteiger partial charge in [-0.25, -0.2) is 9.59 Å². The molecule has 11 heteroatoms. The second-order valence-electron chi connectivity index (χ2n) is 9.84. The number of carboxylic acid groups (broad SMARTS) is 1. The highest BCUT2D eigenvalue weighted by Crippen LogP contribution is 2.43. The fourth-order valence-corrected chi connectivity index (χ4v) is 4.85. The van der Waals surface area contributed by atoms with E-state index in [1.165, 1.54) is 36.4 Å². The van der Waals surface area contributed by atoms with Crippen LogP contribution in [0, 0.1) is 0 Å². The number of carboxylic acids is 1. The molecule has 1 aliphatic rings. The van der Waals surface area contributed by atoms with Crippen LogP contribution in [0.25, 0.3) is 17.7 Å². The summed E-state index contributed by atoms with van der Waals surface area (Å²) in [6.45, 7) is -0.0682. The van der Waals surface area contributed by atoms with E-state index in [-0.39, 0.29) is 36.0 Å². The molecule has 0 amide bonds. The van der Waals surface area contributed by atoms with E-state index < -0.39 is 29.5 Å². The number of ether oxygens (including phenoxy) is 1. The summed E-state index contributed by atoms with van der Waals surface area (Å²) in [6.07, 6.45) is 3.72. The second-order valence-corrected chi connectivity index (χ2v) is 9.84. The molecule has 42 heavy (non-hydrogen) atoms. The Morgan fingerprint density at radius 3 is 2.29 bits per heavy atom. The van der Waals surface area contributed by atoms with Crippen LogP contribution in [0.2, 0.25) is 0 Å². The molecule has 0 heterocycles. The molecule has 3 aromatic carbocycles.